The lowest BCUT2D eigenvalue weighted by Gasteiger charge is -2.29. The number of fused-ring (bicyclic) bond motifs is 1. The molecule has 5 rings (SSSR count). The summed E-state index contributed by atoms with van der Waals surface area (Å²) in [5.41, 5.74) is 7.67. The van der Waals surface area contributed by atoms with E-state index in [0.29, 0.717) is 12.0 Å². The van der Waals surface area contributed by atoms with Gasteiger partial charge in [0.25, 0.3) is 0 Å². The Morgan fingerprint density at radius 2 is 1.85 bits per heavy atom. The second-order valence-electron chi connectivity index (χ2n) is 9.72. The summed E-state index contributed by atoms with van der Waals surface area (Å²) in [4.78, 5) is 17.9. The van der Waals surface area contributed by atoms with E-state index in [9.17, 15) is 9.90 Å². The average molecular weight is 456 g/mol. The van der Waals surface area contributed by atoms with Gasteiger partial charge in [-0.2, -0.15) is 0 Å². The molecule has 0 radical (unpaired) electrons. The molecule has 2 aliphatic rings. The first-order chi connectivity index (χ1) is 16.6. The number of carbonyl (C=O) groups is 1. The molecule has 2 heterocycles. The van der Waals surface area contributed by atoms with Crippen LogP contribution in [0.15, 0.2) is 60.9 Å². The maximum Gasteiger partial charge on any atom is 0.336 e. The van der Waals surface area contributed by atoms with Gasteiger partial charge in [0.1, 0.15) is 0 Å². The quantitative estimate of drug-likeness (QED) is 0.433. The molecule has 0 unspecified atom stereocenters. The minimum Gasteiger partial charge on any atom is -0.478 e. The number of nitrogens with one attached hydrogen (secondary N) is 1. The number of pyridine rings is 1. The number of hydrogen-bond donors (Lipinski definition) is 2. The first-order valence-corrected chi connectivity index (χ1v) is 12.4. The number of anilines is 2. The van der Waals surface area contributed by atoms with E-state index in [0.717, 1.165) is 30.9 Å². The third-order valence-corrected chi connectivity index (χ3v) is 7.37. The van der Waals surface area contributed by atoms with Crippen LogP contribution in [0, 0.1) is 5.92 Å². The van der Waals surface area contributed by atoms with Gasteiger partial charge in [0, 0.05) is 36.9 Å². The molecule has 3 aromatic rings. The monoisotopic (exact) mass is 455 g/mol. The van der Waals surface area contributed by atoms with Crippen LogP contribution < -0.4 is 10.2 Å². The highest BCUT2D eigenvalue weighted by Crippen LogP contribution is 2.34. The maximum atomic E-state index is 11.5. The number of aryl methyl sites for hydroxylation is 2. The first kappa shape index (κ1) is 22.6. The van der Waals surface area contributed by atoms with Gasteiger partial charge >= 0.3 is 5.97 Å². The Hall–Kier alpha value is -3.18. The third kappa shape index (κ3) is 5.15. The number of benzene rings is 2. The Morgan fingerprint density at radius 3 is 2.62 bits per heavy atom. The number of rotatable bonds is 9. The third-order valence-electron chi connectivity index (χ3n) is 7.37. The van der Waals surface area contributed by atoms with E-state index in [1.54, 1.807) is 18.5 Å². The van der Waals surface area contributed by atoms with Gasteiger partial charge in [-0.3, -0.25) is 4.98 Å². The van der Waals surface area contributed by atoms with Crippen LogP contribution in [0.25, 0.3) is 0 Å². The number of hydrogen-bond acceptors (Lipinski definition) is 4. The van der Waals surface area contributed by atoms with Crippen molar-refractivity contribution < 1.29 is 9.90 Å². The van der Waals surface area contributed by atoms with Crippen LogP contribution in [0.5, 0.6) is 0 Å². The van der Waals surface area contributed by atoms with Gasteiger partial charge in [-0.25, -0.2) is 4.79 Å². The van der Waals surface area contributed by atoms with Crippen molar-refractivity contribution in [3.63, 3.8) is 0 Å². The SMILES string of the molecule is CN(c1ccc(CCC2CC2)cc1)c1ccc2c(c1)CCN[C@H]2CCc1cnccc1C(=O)O. The van der Waals surface area contributed by atoms with Crippen molar-refractivity contribution in [1.82, 2.24) is 10.3 Å². The minimum atomic E-state index is -0.891. The lowest BCUT2D eigenvalue weighted by Crippen LogP contribution is -2.30. The van der Waals surface area contributed by atoms with Crippen LogP contribution in [-0.4, -0.2) is 29.7 Å². The lowest BCUT2D eigenvalue weighted by molar-refractivity contribution is 0.0695. The van der Waals surface area contributed by atoms with E-state index in [-0.39, 0.29) is 6.04 Å². The molecule has 1 fully saturated rings. The average Bonchev–Trinajstić information content (AvgIpc) is 3.70. The van der Waals surface area contributed by atoms with Gasteiger partial charge in [-0.05, 0) is 97.2 Å². The summed E-state index contributed by atoms with van der Waals surface area (Å²) in [5, 5.41) is 13.1. The Labute approximate surface area is 201 Å². The largest absolute Gasteiger partial charge is 0.478 e. The number of nitrogens with zero attached hydrogens (tertiary/aromatic N) is 2. The standard InChI is InChI=1S/C29H33N3O2/c1-32(24-9-6-21(7-10-24)5-4-20-2-3-20)25-11-12-26-22(18-25)14-17-31-28(26)13-8-23-19-30-16-15-27(23)29(33)34/h6-7,9-12,15-16,18-20,28,31H,2-5,8,13-14,17H2,1H3,(H,33,34)/t28-/m0/s1. The van der Waals surface area contributed by atoms with E-state index < -0.39 is 5.97 Å². The maximum absolute atomic E-state index is 11.5. The first-order valence-electron chi connectivity index (χ1n) is 12.4. The second-order valence-corrected chi connectivity index (χ2v) is 9.72. The number of aromatic nitrogens is 1. The molecular weight excluding hydrogens is 422 g/mol. The van der Waals surface area contributed by atoms with Crippen molar-refractivity contribution in [2.75, 3.05) is 18.5 Å². The van der Waals surface area contributed by atoms with E-state index in [1.165, 1.54) is 53.7 Å². The van der Waals surface area contributed by atoms with Crippen molar-refractivity contribution in [1.29, 1.82) is 0 Å². The van der Waals surface area contributed by atoms with Gasteiger partial charge in [0.05, 0.1) is 5.56 Å². The van der Waals surface area contributed by atoms with Crippen LogP contribution >= 0.6 is 0 Å². The van der Waals surface area contributed by atoms with Crippen LogP contribution in [0.3, 0.4) is 0 Å². The number of carboxylic acids is 1. The summed E-state index contributed by atoms with van der Waals surface area (Å²) in [6.07, 6.45) is 11.1. The van der Waals surface area contributed by atoms with Crippen LogP contribution in [0.4, 0.5) is 11.4 Å². The van der Waals surface area contributed by atoms with Crippen molar-refractivity contribution >= 4 is 17.3 Å². The van der Waals surface area contributed by atoms with Gasteiger partial charge in [-0.1, -0.05) is 31.0 Å². The number of carboxylic acid groups (broad SMARTS) is 1. The van der Waals surface area contributed by atoms with Gasteiger partial charge in [0.2, 0.25) is 0 Å². The molecule has 2 N–H and O–H groups in total. The highest BCUT2D eigenvalue weighted by Gasteiger charge is 2.22. The van der Waals surface area contributed by atoms with Crippen molar-refractivity contribution in [2.45, 2.75) is 51.0 Å². The molecule has 0 saturated heterocycles. The summed E-state index contributed by atoms with van der Waals surface area (Å²) >= 11 is 0. The Bertz CT molecular complexity index is 1150. The van der Waals surface area contributed by atoms with Crippen molar-refractivity contribution in [3.05, 3.63) is 88.7 Å². The minimum absolute atomic E-state index is 0.218. The normalized spacial score (nSPS) is 17.3. The van der Waals surface area contributed by atoms with E-state index in [1.807, 2.05) is 0 Å². The molecule has 34 heavy (non-hydrogen) atoms. The molecule has 5 heteroatoms. The van der Waals surface area contributed by atoms with Crippen molar-refractivity contribution in [3.8, 4) is 0 Å². The van der Waals surface area contributed by atoms with Crippen molar-refractivity contribution in [2.24, 2.45) is 5.92 Å². The molecule has 0 amide bonds. The lowest BCUT2D eigenvalue weighted by atomic mass is 9.89. The summed E-state index contributed by atoms with van der Waals surface area (Å²) < 4.78 is 0. The predicted octanol–water partition coefficient (Wildman–Crippen LogP) is 5.71. The van der Waals surface area contributed by atoms with Gasteiger partial charge in [-0.15, -0.1) is 0 Å². The van der Waals surface area contributed by atoms with Crippen LogP contribution in [0.1, 0.15) is 64.3 Å². The fourth-order valence-corrected chi connectivity index (χ4v) is 5.05. The van der Waals surface area contributed by atoms with Gasteiger partial charge < -0.3 is 15.3 Å². The molecule has 1 aromatic heterocycles. The Balaban J connectivity index is 1.27. The van der Waals surface area contributed by atoms with Gasteiger partial charge in [0.15, 0.2) is 0 Å². The zero-order valence-corrected chi connectivity index (χ0v) is 19.8. The molecule has 1 aliphatic heterocycles. The summed E-state index contributed by atoms with van der Waals surface area (Å²) in [5.74, 6) is 0.0813. The molecule has 1 atom stereocenters. The summed E-state index contributed by atoms with van der Waals surface area (Å²) in [6.45, 7) is 0.930. The molecular formula is C29H33N3O2. The molecule has 0 spiro atoms. The Morgan fingerprint density at radius 1 is 1.06 bits per heavy atom. The van der Waals surface area contributed by atoms with E-state index in [4.69, 9.17) is 0 Å². The van der Waals surface area contributed by atoms with E-state index in [2.05, 4.69) is 64.7 Å². The topological polar surface area (TPSA) is 65.5 Å². The molecule has 176 valence electrons. The zero-order chi connectivity index (χ0) is 23.5. The Kier molecular flexibility index (Phi) is 6.63. The van der Waals surface area contributed by atoms with E-state index >= 15 is 0 Å². The smallest absolute Gasteiger partial charge is 0.336 e. The zero-order valence-electron chi connectivity index (χ0n) is 19.8. The fourth-order valence-electron chi connectivity index (χ4n) is 5.05. The molecule has 1 saturated carbocycles. The second kappa shape index (κ2) is 9.98. The molecule has 5 nitrogen and oxygen atoms in total. The number of aromatic carboxylic acids is 1. The summed E-state index contributed by atoms with van der Waals surface area (Å²) in [6, 6.07) is 17.6. The summed E-state index contributed by atoms with van der Waals surface area (Å²) in [7, 11) is 2.13. The molecule has 0 bridgehead atoms. The highest BCUT2D eigenvalue weighted by molar-refractivity contribution is 5.89. The highest BCUT2D eigenvalue weighted by atomic mass is 16.4. The predicted molar refractivity (Wildman–Crippen MR) is 136 cm³/mol. The van der Waals surface area contributed by atoms with Crippen LogP contribution in [-0.2, 0) is 19.3 Å². The fraction of sp³-hybridized carbons (Fsp3) is 0.379. The molecule has 1 aliphatic carbocycles. The van der Waals surface area contributed by atoms with Crippen LogP contribution in [0.2, 0.25) is 0 Å². The molecule has 2 aromatic carbocycles.